The van der Waals surface area contributed by atoms with Crippen LogP contribution in [0.3, 0.4) is 0 Å². The van der Waals surface area contributed by atoms with Crippen LogP contribution in [0.15, 0.2) is 9.52 Å². The average molecular weight is 407 g/mol. The van der Waals surface area contributed by atoms with E-state index in [0.717, 1.165) is 62.1 Å². The summed E-state index contributed by atoms with van der Waals surface area (Å²) in [5.41, 5.74) is 2.09. The van der Waals surface area contributed by atoms with E-state index in [1.165, 1.54) is 0 Å². The maximum atomic E-state index is 12.5. The predicted molar refractivity (Wildman–Crippen MR) is 111 cm³/mol. The molecule has 2 saturated heterocycles. The van der Waals surface area contributed by atoms with Gasteiger partial charge in [0.2, 0.25) is 5.91 Å². The Hall–Kier alpha value is -2.13. The number of hydrogen-bond donors (Lipinski definition) is 1. The lowest BCUT2D eigenvalue weighted by atomic mass is 10.1. The van der Waals surface area contributed by atoms with Gasteiger partial charge in [0.05, 0.1) is 25.5 Å². The molecule has 0 bridgehead atoms. The topological polar surface area (TPSA) is 86.4 Å². The van der Waals surface area contributed by atoms with Gasteiger partial charge in [0.25, 0.3) is 0 Å². The fraction of sp³-hybridized carbons (Fsp3) is 0.750. The highest BCUT2D eigenvalue weighted by Crippen LogP contribution is 2.13. The highest BCUT2D eigenvalue weighted by Gasteiger charge is 2.24. The van der Waals surface area contributed by atoms with Crippen molar-refractivity contribution in [3.8, 4) is 0 Å². The van der Waals surface area contributed by atoms with Gasteiger partial charge in [0, 0.05) is 57.9 Å². The van der Waals surface area contributed by atoms with E-state index in [2.05, 4.69) is 27.2 Å². The van der Waals surface area contributed by atoms with Crippen molar-refractivity contribution >= 4 is 11.9 Å². The summed E-state index contributed by atoms with van der Waals surface area (Å²) in [5, 5.41) is 7.41. The van der Waals surface area contributed by atoms with E-state index in [0.29, 0.717) is 39.4 Å². The van der Waals surface area contributed by atoms with Crippen molar-refractivity contribution in [3.63, 3.8) is 0 Å². The highest BCUT2D eigenvalue weighted by molar-refractivity contribution is 5.80. The van der Waals surface area contributed by atoms with Gasteiger partial charge in [0.15, 0.2) is 5.96 Å². The predicted octanol–water partition coefficient (Wildman–Crippen LogP) is 0.276. The molecule has 1 amide bonds. The molecule has 0 unspecified atom stereocenters. The third-order valence-electron chi connectivity index (χ3n) is 5.53. The summed E-state index contributed by atoms with van der Waals surface area (Å²) < 4.78 is 10.6. The number of aryl methyl sites for hydroxylation is 2. The first-order chi connectivity index (χ1) is 14.1. The lowest BCUT2D eigenvalue weighted by molar-refractivity contribution is -0.136. The van der Waals surface area contributed by atoms with Crippen molar-refractivity contribution in [3.05, 3.63) is 17.0 Å². The van der Waals surface area contributed by atoms with Crippen molar-refractivity contribution in [1.29, 1.82) is 0 Å². The molecule has 2 aliphatic rings. The Kier molecular flexibility index (Phi) is 7.88. The molecule has 2 fully saturated rings. The number of hydrogen-bond acceptors (Lipinski definition) is 6. The molecule has 2 aliphatic heterocycles. The van der Waals surface area contributed by atoms with Crippen LogP contribution in [0.1, 0.15) is 23.9 Å². The average Bonchev–Trinajstić information content (AvgIpc) is 3.06. The van der Waals surface area contributed by atoms with Gasteiger partial charge in [-0.3, -0.25) is 14.7 Å². The third-order valence-corrected chi connectivity index (χ3v) is 5.53. The molecular formula is C20H34N6O3. The number of piperazine rings is 1. The van der Waals surface area contributed by atoms with Crippen molar-refractivity contribution in [2.24, 2.45) is 4.99 Å². The van der Waals surface area contributed by atoms with Crippen LogP contribution in [-0.2, 0) is 16.0 Å². The van der Waals surface area contributed by atoms with Crippen LogP contribution < -0.4 is 5.32 Å². The lowest BCUT2D eigenvalue weighted by Gasteiger charge is -2.37. The Balaban J connectivity index is 1.48. The number of morpholine rings is 1. The zero-order valence-corrected chi connectivity index (χ0v) is 17.9. The molecule has 3 rings (SSSR count). The summed E-state index contributed by atoms with van der Waals surface area (Å²) in [6.45, 7) is 14.2. The van der Waals surface area contributed by atoms with Crippen molar-refractivity contribution < 1.29 is 14.1 Å². The van der Waals surface area contributed by atoms with E-state index in [1.54, 1.807) is 0 Å². The molecule has 0 saturated carbocycles. The molecule has 1 aromatic rings. The summed E-state index contributed by atoms with van der Waals surface area (Å²) in [5.74, 6) is 2.03. The largest absolute Gasteiger partial charge is 0.378 e. The van der Waals surface area contributed by atoms with E-state index < -0.39 is 0 Å². The Labute approximate surface area is 173 Å². The number of carbonyl (C=O) groups is 1. The molecule has 0 radical (unpaired) electrons. The first-order valence-corrected chi connectivity index (χ1v) is 10.6. The molecule has 9 nitrogen and oxygen atoms in total. The highest BCUT2D eigenvalue weighted by atomic mass is 16.5. The molecule has 1 N–H and O–H groups in total. The van der Waals surface area contributed by atoms with Crippen LogP contribution in [0, 0.1) is 13.8 Å². The van der Waals surface area contributed by atoms with E-state index in [1.807, 2.05) is 18.7 Å². The zero-order chi connectivity index (χ0) is 20.6. The summed E-state index contributed by atoms with van der Waals surface area (Å²) >= 11 is 0. The fourth-order valence-corrected chi connectivity index (χ4v) is 3.78. The molecule has 0 spiro atoms. The second kappa shape index (κ2) is 10.6. The quantitative estimate of drug-likeness (QED) is 0.536. The zero-order valence-electron chi connectivity index (χ0n) is 17.9. The maximum Gasteiger partial charge on any atom is 0.236 e. The number of nitrogens with one attached hydrogen (secondary N) is 1. The molecule has 29 heavy (non-hydrogen) atoms. The van der Waals surface area contributed by atoms with E-state index in [9.17, 15) is 4.79 Å². The molecule has 0 aromatic carbocycles. The summed E-state index contributed by atoms with van der Waals surface area (Å²) in [6.07, 6.45) is 0.823. The van der Waals surface area contributed by atoms with Crippen LogP contribution in [0.5, 0.6) is 0 Å². The van der Waals surface area contributed by atoms with Crippen LogP contribution in [0.4, 0.5) is 0 Å². The van der Waals surface area contributed by atoms with Gasteiger partial charge in [0.1, 0.15) is 5.76 Å². The SMILES string of the molecule is CCNC(=NCCc1c(C)noc1C)N1CCN(CC(=O)N2CCOCC2)CC1. The Morgan fingerprint density at radius 2 is 1.83 bits per heavy atom. The van der Waals surface area contributed by atoms with Gasteiger partial charge >= 0.3 is 0 Å². The summed E-state index contributed by atoms with van der Waals surface area (Å²) in [6, 6.07) is 0. The van der Waals surface area contributed by atoms with Gasteiger partial charge in [-0.05, 0) is 27.2 Å². The minimum absolute atomic E-state index is 0.210. The number of carbonyl (C=O) groups excluding carboxylic acids is 1. The first-order valence-electron chi connectivity index (χ1n) is 10.6. The van der Waals surface area contributed by atoms with E-state index in [4.69, 9.17) is 14.3 Å². The monoisotopic (exact) mass is 406 g/mol. The van der Waals surface area contributed by atoms with E-state index >= 15 is 0 Å². The molecule has 3 heterocycles. The molecular weight excluding hydrogens is 372 g/mol. The van der Waals surface area contributed by atoms with E-state index in [-0.39, 0.29) is 5.91 Å². The molecule has 9 heteroatoms. The summed E-state index contributed by atoms with van der Waals surface area (Å²) in [7, 11) is 0. The molecule has 0 aliphatic carbocycles. The number of aromatic nitrogens is 1. The van der Waals surface area contributed by atoms with Crippen molar-refractivity contribution in [2.45, 2.75) is 27.2 Å². The molecule has 0 atom stereocenters. The smallest absolute Gasteiger partial charge is 0.236 e. The lowest BCUT2D eigenvalue weighted by Crippen LogP contribution is -2.55. The van der Waals surface area contributed by atoms with Crippen LogP contribution in [0.2, 0.25) is 0 Å². The van der Waals surface area contributed by atoms with Crippen molar-refractivity contribution in [2.75, 3.05) is 72.1 Å². The Morgan fingerprint density at radius 1 is 1.10 bits per heavy atom. The van der Waals surface area contributed by atoms with Gasteiger partial charge in [-0.2, -0.15) is 0 Å². The molecule has 162 valence electrons. The van der Waals surface area contributed by atoms with Gasteiger partial charge in [-0.25, -0.2) is 0 Å². The molecule has 1 aromatic heterocycles. The third kappa shape index (κ3) is 5.93. The number of aliphatic imine (C=N–C) groups is 1. The standard InChI is InChI=1S/C20H34N6O3/c1-4-21-20(22-6-5-18-16(2)23-29-17(18)3)26-9-7-24(8-10-26)15-19(27)25-11-13-28-14-12-25/h4-15H2,1-3H3,(H,21,22). The van der Waals surface area contributed by atoms with Gasteiger partial charge in [-0.1, -0.05) is 5.16 Å². The van der Waals surface area contributed by atoms with Crippen molar-refractivity contribution in [1.82, 2.24) is 25.2 Å². The van der Waals surface area contributed by atoms with Crippen LogP contribution >= 0.6 is 0 Å². The van der Waals surface area contributed by atoms with Crippen LogP contribution in [-0.4, -0.2) is 104 Å². The second-order valence-corrected chi connectivity index (χ2v) is 7.54. The minimum Gasteiger partial charge on any atom is -0.378 e. The van der Waals surface area contributed by atoms with Crippen LogP contribution in [0.25, 0.3) is 0 Å². The number of amides is 1. The number of guanidine groups is 1. The van der Waals surface area contributed by atoms with Gasteiger partial charge < -0.3 is 24.4 Å². The Morgan fingerprint density at radius 3 is 2.45 bits per heavy atom. The number of rotatable bonds is 6. The normalized spacial score (nSPS) is 18.9. The Bertz CT molecular complexity index is 671. The van der Waals surface area contributed by atoms with Gasteiger partial charge in [-0.15, -0.1) is 0 Å². The summed E-state index contributed by atoms with van der Waals surface area (Å²) in [4.78, 5) is 23.7. The number of nitrogens with zero attached hydrogens (tertiary/aromatic N) is 5. The minimum atomic E-state index is 0.210. The fourth-order valence-electron chi connectivity index (χ4n) is 3.78. The maximum absolute atomic E-state index is 12.5. The number of ether oxygens (including phenoxy) is 1. The second-order valence-electron chi connectivity index (χ2n) is 7.54. The first kappa shape index (κ1) is 21.6.